The Bertz CT molecular complexity index is 1060. The Hall–Kier alpha value is -2.47. The highest BCUT2D eigenvalue weighted by atomic mass is 16.5. The van der Waals surface area contributed by atoms with Gasteiger partial charge in [-0.2, -0.15) is 0 Å². The first-order valence-corrected chi connectivity index (χ1v) is 12.1. The van der Waals surface area contributed by atoms with Crippen LogP contribution in [0.25, 0.3) is 0 Å². The third kappa shape index (κ3) is 3.68. The van der Waals surface area contributed by atoms with E-state index in [0.717, 1.165) is 67.6 Å². The topological polar surface area (TPSA) is 53.9 Å². The number of hydrogen-bond acceptors (Lipinski definition) is 6. The van der Waals surface area contributed by atoms with Crippen LogP contribution in [0.15, 0.2) is 35.6 Å². The third-order valence-corrected chi connectivity index (χ3v) is 8.19. The molecule has 2 aliphatic heterocycles. The van der Waals surface area contributed by atoms with Crippen LogP contribution < -0.4 is 9.64 Å². The number of aromatic nitrogens is 2. The van der Waals surface area contributed by atoms with Crippen LogP contribution in [0, 0.1) is 5.41 Å². The number of anilines is 1. The van der Waals surface area contributed by atoms with E-state index in [-0.39, 0.29) is 5.60 Å². The average molecular weight is 432 g/mol. The second kappa shape index (κ2) is 7.27. The van der Waals surface area contributed by atoms with Crippen LogP contribution in [-0.2, 0) is 6.54 Å². The number of fused-ring (bicyclic) bond motifs is 1. The first-order valence-electron chi connectivity index (χ1n) is 12.1. The van der Waals surface area contributed by atoms with Gasteiger partial charge in [0.1, 0.15) is 23.5 Å². The van der Waals surface area contributed by atoms with Crippen molar-refractivity contribution in [1.29, 1.82) is 0 Å². The summed E-state index contributed by atoms with van der Waals surface area (Å²) in [6, 6.07) is 9.16. The van der Waals surface area contributed by atoms with E-state index in [4.69, 9.17) is 9.73 Å². The summed E-state index contributed by atoms with van der Waals surface area (Å²) >= 11 is 0. The van der Waals surface area contributed by atoms with Crippen LogP contribution >= 0.6 is 0 Å². The number of aliphatic imine (C=N–C) groups is 1. The van der Waals surface area contributed by atoms with E-state index in [1.54, 1.807) is 6.33 Å². The fourth-order valence-corrected chi connectivity index (χ4v) is 5.05. The van der Waals surface area contributed by atoms with E-state index < -0.39 is 0 Å². The van der Waals surface area contributed by atoms with Crippen molar-refractivity contribution in [2.75, 3.05) is 31.1 Å². The monoisotopic (exact) mass is 431 g/mol. The van der Waals surface area contributed by atoms with Gasteiger partial charge in [-0.05, 0) is 62.6 Å². The molecule has 3 fully saturated rings. The molecule has 2 aliphatic carbocycles. The highest BCUT2D eigenvalue weighted by Crippen LogP contribution is 2.50. The molecule has 32 heavy (non-hydrogen) atoms. The largest absolute Gasteiger partial charge is 0.488 e. The molecule has 1 aromatic carbocycles. The average Bonchev–Trinajstić information content (AvgIpc) is 3.70. The van der Waals surface area contributed by atoms with Crippen molar-refractivity contribution in [2.45, 2.75) is 64.6 Å². The predicted octanol–water partition coefficient (Wildman–Crippen LogP) is 4.07. The van der Waals surface area contributed by atoms with Gasteiger partial charge in [0.25, 0.3) is 0 Å². The Kier molecular flexibility index (Phi) is 4.58. The maximum atomic E-state index is 6.20. The Morgan fingerprint density at radius 1 is 0.969 bits per heavy atom. The van der Waals surface area contributed by atoms with Gasteiger partial charge < -0.3 is 9.64 Å². The number of benzene rings is 1. The lowest BCUT2D eigenvalue weighted by molar-refractivity contribution is 0.141. The van der Waals surface area contributed by atoms with E-state index >= 15 is 0 Å². The summed E-state index contributed by atoms with van der Waals surface area (Å²) in [7, 11) is 0. The normalized spacial score (nSPS) is 24.0. The van der Waals surface area contributed by atoms with Crippen molar-refractivity contribution in [3.63, 3.8) is 0 Å². The summed E-state index contributed by atoms with van der Waals surface area (Å²) in [6.07, 6.45) is 6.70. The van der Waals surface area contributed by atoms with Gasteiger partial charge in [0.15, 0.2) is 0 Å². The summed E-state index contributed by atoms with van der Waals surface area (Å²) in [6.45, 7) is 11.9. The predicted molar refractivity (Wildman–Crippen MR) is 127 cm³/mol. The molecule has 0 spiro atoms. The zero-order valence-electron chi connectivity index (χ0n) is 19.5. The first-order chi connectivity index (χ1) is 15.4. The van der Waals surface area contributed by atoms with E-state index in [0.29, 0.717) is 18.0 Å². The summed E-state index contributed by atoms with van der Waals surface area (Å²) in [5.74, 6) is 1.94. The Morgan fingerprint density at radius 2 is 1.75 bits per heavy atom. The second-order valence-corrected chi connectivity index (χ2v) is 10.7. The summed E-state index contributed by atoms with van der Waals surface area (Å²) in [5, 5.41) is 0. The van der Waals surface area contributed by atoms with Crippen LogP contribution in [0.4, 0.5) is 5.82 Å². The molecule has 1 saturated heterocycles. The summed E-state index contributed by atoms with van der Waals surface area (Å²) < 4.78 is 6.20. The van der Waals surface area contributed by atoms with E-state index in [9.17, 15) is 0 Å². The number of rotatable bonds is 6. The third-order valence-electron chi connectivity index (χ3n) is 8.19. The molecule has 4 aliphatic rings. The zero-order valence-corrected chi connectivity index (χ0v) is 19.5. The Labute approximate surface area is 190 Å². The molecule has 2 aromatic rings. The van der Waals surface area contributed by atoms with Crippen LogP contribution in [0.2, 0.25) is 0 Å². The molecule has 1 atom stereocenters. The smallest absolute Gasteiger partial charge is 0.132 e. The molecular formula is C26H33N5O. The molecule has 0 bridgehead atoms. The maximum absolute atomic E-state index is 6.20. The van der Waals surface area contributed by atoms with Crippen LogP contribution in [-0.4, -0.2) is 58.4 Å². The zero-order chi connectivity index (χ0) is 21.9. The molecule has 168 valence electrons. The molecule has 1 unspecified atom stereocenters. The number of nitrogens with zero attached hydrogens (tertiary/aromatic N) is 5. The van der Waals surface area contributed by atoms with E-state index in [1.165, 1.54) is 18.4 Å². The summed E-state index contributed by atoms with van der Waals surface area (Å²) in [5.41, 5.74) is 4.81. The van der Waals surface area contributed by atoms with Crippen molar-refractivity contribution in [1.82, 2.24) is 14.9 Å². The van der Waals surface area contributed by atoms with Gasteiger partial charge in [0, 0.05) is 43.9 Å². The number of hydrogen-bond donors (Lipinski definition) is 0. The molecule has 6 heteroatoms. The SMILES string of the molecule is CC(N1CCN(c2cc(C3=NCc4ccc(OC5(C)CC5)cc43)ncn2)CC1)C1(C)CC1. The van der Waals surface area contributed by atoms with Crippen molar-refractivity contribution in [3.05, 3.63) is 47.4 Å². The van der Waals surface area contributed by atoms with Crippen molar-refractivity contribution >= 4 is 11.5 Å². The first kappa shape index (κ1) is 20.2. The minimum Gasteiger partial charge on any atom is -0.488 e. The van der Waals surface area contributed by atoms with Gasteiger partial charge in [-0.1, -0.05) is 13.0 Å². The van der Waals surface area contributed by atoms with Crippen LogP contribution in [0.3, 0.4) is 0 Å². The molecule has 0 amide bonds. The van der Waals surface area contributed by atoms with Gasteiger partial charge >= 0.3 is 0 Å². The van der Waals surface area contributed by atoms with Gasteiger partial charge in [-0.3, -0.25) is 9.89 Å². The van der Waals surface area contributed by atoms with E-state index in [1.807, 2.05) is 0 Å². The lowest BCUT2D eigenvalue weighted by atomic mass is 9.98. The highest BCUT2D eigenvalue weighted by Gasteiger charge is 2.45. The maximum Gasteiger partial charge on any atom is 0.132 e. The molecule has 0 radical (unpaired) electrons. The van der Waals surface area contributed by atoms with Crippen LogP contribution in [0.1, 0.15) is 63.3 Å². The Morgan fingerprint density at radius 3 is 2.47 bits per heavy atom. The summed E-state index contributed by atoms with van der Waals surface area (Å²) in [4.78, 5) is 19.1. The molecule has 3 heterocycles. The molecular weight excluding hydrogens is 398 g/mol. The quantitative estimate of drug-likeness (QED) is 0.690. The number of piperazine rings is 1. The second-order valence-electron chi connectivity index (χ2n) is 10.7. The van der Waals surface area contributed by atoms with E-state index in [2.05, 4.69) is 64.8 Å². The van der Waals surface area contributed by atoms with Gasteiger partial charge in [-0.25, -0.2) is 9.97 Å². The molecule has 1 aromatic heterocycles. The fraction of sp³-hybridized carbons (Fsp3) is 0.577. The standard InChI is InChI=1S/C26H33N5O/c1-18(25(2)6-7-25)30-10-12-31(13-11-30)23-15-22(28-17-29-23)24-21-14-20(32-26(3)8-9-26)5-4-19(21)16-27-24/h4-5,14-15,17-18H,6-13,16H2,1-3H3. The minimum atomic E-state index is 0.0167. The molecule has 6 rings (SSSR count). The van der Waals surface area contributed by atoms with Crippen LogP contribution in [0.5, 0.6) is 5.75 Å². The number of ether oxygens (including phenoxy) is 1. The molecule has 0 N–H and O–H groups in total. The van der Waals surface area contributed by atoms with Gasteiger partial charge in [-0.15, -0.1) is 0 Å². The van der Waals surface area contributed by atoms with Crippen molar-refractivity contribution in [2.24, 2.45) is 10.4 Å². The minimum absolute atomic E-state index is 0.0167. The highest BCUT2D eigenvalue weighted by molar-refractivity contribution is 6.14. The van der Waals surface area contributed by atoms with Crippen molar-refractivity contribution < 1.29 is 4.74 Å². The molecule has 6 nitrogen and oxygen atoms in total. The van der Waals surface area contributed by atoms with Gasteiger partial charge in [0.2, 0.25) is 0 Å². The fourth-order valence-electron chi connectivity index (χ4n) is 5.05. The Balaban J connectivity index is 1.18. The molecule has 2 saturated carbocycles. The van der Waals surface area contributed by atoms with Gasteiger partial charge in [0.05, 0.1) is 18.0 Å². The van der Waals surface area contributed by atoms with Crippen molar-refractivity contribution in [3.8, 4) is 5.75 Å². The lowest BCUT2D eigenvalue weighted by Crippen LogP contribution is -2.51. The lowest BCUT2D eigenvalue weighted by Gasteiger charge is -2.40.